The number of fused-ring (bicyclic) bond motifs is 1. The van der Waals surface area contributed by atoms with Crippen LogP contribution in [0.25, 0.3) is 0 Å². The van der Waals surface area contributed by atoms with Crippen LogP contribution in [0.4, 0.5) is 11.4 Å². The van der Waals surface area contributed by atoms with Crippen LogP contribution < -0.4 is 15.4 Å². The first kappa shape index (κ1) is 14.6. The fraction of sp³-hybridized carbons (Fsp3) is 0.118. The lowest BCUT2D eigenvalue weighted by molar-refractivity contribution is -0.122. The molecule has 0 fully saturated rings. The molecule has 1 aliphatic heterocycles. The Hall–Kier alpha value is -3.33. The number of nitriles is 1. The van der Waals surface area contributed by atoms with Crippen LogP contribution in [-0.4, -0.2) is 17.9 Å². The molecule has 3 rings (SSSR count). The van der Waals surface area contributed by atoms with Gasteiger partial charge in [0.1, 0.15) is 6.07 Å². The summed E-state index contributed by atoms with van der Waals surface area (Å²) in [5.74, 6) is -0.343. The summed E-state index contributed by atoms with van der Waals surface area (Å²) in [7, 11) is 0. The smallest absolute Gasteiger partial charge is 0.265 e. The van der Waals surface area contributed by atoms with Gasteiger partial charge in [-0.2, -0.15) is 5.26 Å². The Morgan fingerprint density at radius 1 is 1.26 bits per heavy atom. The molecule has 0 saturated heterocycles. The number of amides is 2. The van der Waals surface area contributed by atoms with E-state index in [1.54, 1.807) is 49.4 Å². The predicted molar refractivity (Wildman–Crippen MR) is 84.3 cm³/mol. The van der Waals surface area contributed by atoms with E-state index < -0.39 is 12.0 Å². The first-order valence-corrected chi connectivity index (χ1v) is 7.01. The van der Waals surface area contributed by atoms with E-state index in [4.69, 9.17) is 10.00 Å². The zero-order chi connectivity index (χ0) is 16.4. The molecule has 2 aromatic rings. The lowest BCUT2D eigenvalue weighted by Gasteiger charge is -2.25. The number of carbonyl (C=O) groups is 2. The highest BCUT2D eigenvalue weighted by Gasteiger charge is 2.27. The third-order valence-electron chi connectivity index (χ3n) is 3.48. The van der Waals surface area contributed by atoms with Gasteiger partial charge >= 0.3 is 0 Å². The number of para-hydroxylation sites is 2. The third-order valence-corrected chi connectivity index (χ3v) is 3.48. The maximum atomic E-state index is 12.5. The van der Waals surface area contributed by atoms with Crippen LogP contribution in [0.2, 0.25) is 0 Å². The zero-order valence-corrected chi connectivity index (χ0v) is 12.3. The molecule has 2 N–H and O–H groups in total. The number of nitrogens with one attached hydrogen (secondary N) is 2. The molecule has 0 aromatic heterocycles. The van der Waals surface area contributed by atoms with E-state index in [0.717, 1.165) is 0 Å². The summed E-state index contributed by atoms with van der Waals surface area (Å²) in [5, 5.41) is 14.5. The van der Waals surface area contributed by atoms with Gasteiger partial charge in [-0.1, -0.05) is 18.2 Å². The summed E-state index contributed by atoms with van der Waals surface area (Å²) < 4.78 is 5.55. The molecular weight excluding hydrogens is 294 g/mol. The van der Waals surface area contributed by atoms with Crippen LogP contribution in [0.5, 0.6) is 5.75 Å². The first-order chi connectivity index (χ1) is 11.1. The van der Waals surface area contributed by atoms with Gasteiger partial charge < -0.3 is 15.4 Å². The second kappa shape index (κ2) is 5.81. The van der Waals surface area contributed by atoms with E-state index in [9.17, 15) is 9.59 Å². The second-order valence-electron chi connectivity index (χ2n) is 5.04. The zero-order valence-electron chi connectivity index (χ0n) is 12.3. The van der Waals surface area contributed by atoms with Crippen molar-refractivity contribution < 1.29 is 14.3 Å². The summed E-state index contributed by atoms with van der Waals surface area (Å²) >= 11 is 0. The molecule has 0 aliphatic carbocycles. The van der Waals surface area contributed by atoms with Gasteiger partial charge in [0.15, 0.2) is 11.9 Å². The molecule has 114 valence electrons. The largest absolute Gasteiger partial charge is 0.478 e. The number of nitrogens with zero attached hydrogens (tertiary/aromatic N) is 1. The fourth-order valence-electron chi connectivity index (χ4n) is 2.29. The van der Waals surface area contributed by atoms with E-state index in [1.807, 2.05) is 6.07 Å². The Morgan fingerprint density at radius 2 is 2.04 bits per heavy atom. The summed E-state index contributed by atoms with van der Waals surface area (Å²) in [6.45, 7) is 1.61. The number of carbonyl (C=O) groups excluding carboxylic acids is 2. The van der Waals surface area contributed by atoms with E-state index in [1.165, 1.54) is 0 Å². The van der Waals surface area contributed by atoms with Crippen LogP contribution in [0.3, 0.4) is 0 Å². The summed E-state index contributed by atoms with van der Waals surface area (Å²) in [6, 6.07) is 13.7. The number of benzene rings is 2. The summed E-state index contributed by atoms with van der Waals surface area (Å²) in [5.41, 5.74) is 1.54. The lowest BCUT2D eigenvalue weighted by atomic mass is 10.1. The number of hydrogen-bond donors (Lipinski definition) is 2. The third kappa shape index (κ3) is 2.72. The summed E-state index contributed by atoms with van der Waals surface area (Å²) in [6.07, 6.45) is -0.678. The van der Waals surface area contributed by atoms with Gasteiger partial charge in [-0.05, 0) is 31.2 Å². The quantitative estimate of drug-likeness (QED) is 0.892. The minimum absolute atomic E-state index is 0.259. The van der Waals surface area contributed by atoms with Crippen molar-refractivity contribution in [2.24, 2.45) is 0 Å². The van der Waals surface area contributed by atoms with Crippen LogP contribution in [0.15, 0.2) is 42.5 Å². The van der Waals surface area contributed by atoms with Crippen molar-refractivity contribution >= 4 is 23.2 Å². The van der Waals surface area contributed by atoms with E-state index in [2.05, 4.69) is 10.6 Å². The molecule has 1 heterocycles. The average molecular weight is 307 g/mol. The van der Waals surface area contributed by atoms with E-state index in [-0.39, 0.29) is 5.91 Å². The molecular formula is C17H13N3O3. The van der Waals surface area contributed by atoms with Crippen molar-refractivity contribution in [2.45, 2.75) is 13.0 Å². The van der Waals surface area contributed by atoms with Crippen molar-refractivity contribution in [1.29, 1.82) is 5.26 Å². The van der Waals surface area contributed by atoms with Gasteiger partial charge in [-0.15, -0.1) is 0 Å². The fourth-order valence-corrected chi connectivity index (χ4v) is 2.29. The number of anilines is 2. The highest BCUT2D eigenvalue weighted by atomic mass is 16.5. The Labute approximate surface area is 132 Å². The van der Waals surface area contributed by atoms with Gasteiger partial charge in [0.05, 0.1) is 22.5 Å². The number of hydrogen-bond acceptors (Lipinski definition) is 4. The molecule has 2 aromatic carbocycles. The van der Waals surface area contributed by atoms with Gasteiger partial charge in [0.25, 0.3) is 11.8 Å². The topological polar surface area (TPSA) is 91.2 Å². The molecule has 1 atom stereocenters. The van der Waals surface area contributed by atoms with Gasteiger partial charge in [0, 0.05) is 0 Å². The van der Waals surface area contributed by atoms with Crippen LogP contribution in [-0.2, 0) is 4.79 Å². The Balaban J connectivity index is 1.94. The standard InChI is InChI=1S/C17H13N3O3/c1-10-16(21)20-14-8-4-6-12(15(14)23-10)17(22)19-13-7-3-2-5-11(13)9-18/h2-8,10H,1H3,(H,19,22)(H,20,21). The minimum Gasteiger partial charge on any atom is -0.478 e. The predicted octanol–water partition coefficient (Wildman–Crippen LogP) is 2.53. The van der Waals surface area contributed by atoms with Crippen molar-refractivity contribution in [1.82, 2.24) is 0 Å². The summed E-state index contributed by atoms with van der Waals surface area (Å²) in [4.78, 5) is 24.2. The Kier molecular flexibility index (Phi) is 3.69. The van der Waals surface area contributed by atoms with Crippen molar-refractivity contribution in [3.05, 3.63) is 53.6 Å². The van der Waals surface area contributed by atoms with Crippen LogP contribution in [0.1, 0.15) is 22.8 Å². The van der Waals surface area contributed by atoms with Gasteiger partial charge in [-0.3, -0.25) is 9.59 Å². The average Bonchev–Trinajstić information content (AvgIpc) is 2.56. The molecule has 6 nitrogen and oxygen atoms in total. The molecule has 0 radical (unpaired) electrons. The monoisotopic (exact) mass is 307 g/mol. The first-order valence-electron chi connectivity index (χ1n) is 7.01. The Bertz CT molecular complexity index is 839. The van der Waals surface area contributed by atoms with Gasteiger partial charge in [0.2, 0.25) is 0 Å². The Morgan fingerprint density at radius 3 is 2.83 bits per heavy atom. The molecule has 1 aliphatic rings. The molecule has 23 heavy (non-hydrogen) atoms. The molecule has 0 saturated carbocycles. The van der Waals surface area contributed by atoms with E-state index >= 15 is 0 Å². The molecule has 6 heteroatoms. The number of ether oxygens (including phenoxy) is 1. The maximum absolute atomic E-state index is 12.5. The molecule has 0 bridgehead atoms. The lowest BCUT2D eigenvalue weighted by Crippen LogP contribution is -2.35. The van der Waals surface area contributed by atoms with Crippen LogP contribution in [0, 0.1) is 11.3 Å². The highest BCUT2D eigenvalue weighted by molar-refractivity contribution is 6.09. The van der Waals surface area contributed by atoms with E-state index in [0.29, 0.717) is 28.3 Å². The SMILES string of the molecule is CC1Oc2c(cccc2C(=O)Nc2ccccc2C#N)NC1=O. The maximum Gasteiger partial charge on any atom is 0.265 e. The van der Waals surface area contributed by atoms with Crippen molar-refractivity contribution in [2.75, 3.05) is 10.6 Å². The minimum atomic E-state index is -0.678. The van der Waals surface area contributed by atoms with Crippen LogP contribution >= 0.6 is 0 Å². The molecule has 0 spiro atoms. The van der Waals surface area contributed by atoms with Gasteiger partial charge in [-0.25, -0.2) is 0 Å². The van der Waals surface area contributed by atoms with Crippen molar-refractivity contribution in [3.8, 4) is 11.8 Å². The second-order valence-corrected chi connectivity index (χ2v) is 5.04. The number of rotatable bonds is 2. The highest BCUT2D eigenvalue weighted by Crippen LogP contribution is 2.33. The normalized spacial score (nSPS) is 15.7. The van der Waals surface area contributed by atoms with Crippen molar-refractivity contribution in [3.63, 3.8) is 0 Å². The molecule has 1 unspecified atom stereocenters. The molecule has 2 amide bonds.